The minimum Gasteiger partial charge on any atom is -0.293 e. The van der Waals surface area contributed by atoms with Crippen LogP contribution in [-0.4, -0.2) is 5.78 Å². The van der Waals surface area contributed by atoms with Gasteiger partial charge in [-0.3, -0.25) is 4.79 Å². The van der Waals surface area contributed by atoms with Gasteiger partial charge in [-0.15, -0.1) is 68.0 Å². The van der Waals surface area contributed by atoms with Crippen LogP contribution in [0.15, 0.2) is 42.5 Å². The van der Waals surface area contributed by atoms with Crippen LogP contribution in [0.5, 0.6) is 0 Å². The maximum absolute atomic E-state index is 13.7. The molecular weight excluding hydrogens is 833 g/mol. The fraction of sp³-hybridized carbons (Fsp3) is 0.519. The van der Waals surface area contributed by atoms with Crippen molar-refractivity contribution in [2.75, 3.05) is 0 Å². The number of thiophene rings is 6. The van der Waals surface area contributed by atoms with Crippen LogP contribution in [-0.2, 0) is 18.3 Å². The largest absolute Gasteiger partial charge is 0.293 e. The number of hydrogen-bond donors (Lipinski definition) is 0. The van der Waals surface area contributed by atoms with Gasteiger partial charge in [0.05, 0.1) is 14.5 Å². The Morgan fingerprint density at radius 3 is 1.71 bits per heavy atom. The van der Waals surface area contributed by atoms with Crippen molar-refractivity contribution in [3.05, 3.63) is 66.9 Å². The number of ketones is 1. The lowest BCUT2D eigenvalue weighted by molar-refractivity contribution is 0.0917. The fourth-order valence-electron chi connectivity index (χ4n) is 8.58. The lowest BCUT2D eigenvalue weighted by Gasteiger charge is -2.15. The van der Waals surface area contributed by atoms with E-state index in [0.29, 0.717) is 5.78 Å². The first-order chi connectivity index (χ1) is 28.4. The molecule has 6 aromatic heterocycles. The molecular formula is C52H68OS6. The molecule has 7 rings (SSSR count). The van der Waals surface area contributed by atoms with Gasteiger partial charge in [0.15, 0.2) is 5.78 Å². The molecule has 0 N–H and O–H groups in total. The van der Waals surface area contributed by atoms with Crippen molar-refractivity contribution in [2.24, 2.45) is 17.8 Å². The SMILES string of the molecule is CC.CCCCC(CC)Cc1ccc(-c2c3cc(C(C)(C)C)sc3c(-c3ccc(CC(CC)CCC)s3)c3cc(-c4sc(C)c5cc(C(=O)C(CC)CC)sc45)sc23)s1. The predicted octanol–water partition coefficient (Wildman–Crippen LogP) is 19.9. The standard InChI is InChI=1S/C50H62OS6.C2H6/c1-11-17-19-31(14-4)25-34-21-23-39(54-34)44-37-28-42(50(8,9)10)57-47(37)43(38-22-20-33(53-38)24-30(13-3)18-12-2)36-27-41(56-46(36)44)49-48-35(29(7)52-49)26-40(55-48)45(51)32(15-5)16-6;1-2/h20-23,26-28,30-32H,11-19,24-25H2,1-10H3;1-2H3. The highest BCUT2D eigenvalue weighted by Crippen LogP contribution is 2.56. The van der Waals surface area contributed by atoms with Gasteiger partial charge < -0.3 is 0 Å². The van der Waals surface area contributed by atoms with Gasteiger partial charge >= 0.3 is 0 Å². The number of carbonyl (C=O) groups excluding carboxylic acids is 1. The van der Waals surface area contributed by atoms with Crippen LogP contribution < -0.4 is 0 Å². The van der Waals surface area contributed by atoms with E-state index in [1.165, 1.54) is 138 Å². The third kappa shape index (κ3) is 9.76. The first kappa shape index (κ1) is 46.4. The lowest BCUT2D eigenvalue weighted by atomic mass is 9.93. The molecule has 2 unspecified atom stereocenters. The van der Waals surface area contributed by atoms with Crippen LogP contribution in [0.2, 0.25) is 0 Å². The summed E-state index contributed by atoms with van der Waals surface area (Å²) in [6.07, 6.45) is 13.1. The van der Waals surface area contributed by atoms with Crippen LogP contribution in [0.4, 0.5) is 0 Å². The van der Waals surface area contributed by atoms with E-state index < -0.39 is 0 Å². The summed E-state index contributed by atoms with van der Waals surface area (Å²) in [7, 11) is 0. The third-order valence-electron chi connectivity index (χ3n) is 12.2. The molecule has 0 saturated heterocycles. The van der Waals surface area contributed by atoms with Crippen molar-refractivity contribution in [1.29, 1.82) is 0 Å². The second-order valence-corrected chi connectivity index (χ2v) is 24.1. The Kier molecular flexibility index (Phi) is 16.0. The smallest absolute Gasteiger partial charge is 0.175 e. The zero-order valence-electron chi connectivity index (χ0n) is 37.9. The molecule has 7 heteroatoms. The number of aryl methyl sites for hydroxylation is 1. The molecule has 0 saturated carbocycles. The Labute approximate surface area is 380 Å². The Bertz CT molecular complexity index is 2460. The monoisotopic (exact) mass is 900 g/mol. The van der Waals surface area contributed by atoms with Crippen molar-refractivity contribution >= 4 is 104 Å². The van der Waals surface area contributed by atoms with Gasteiger partial charge in [0.1, 0.15) is 0 Å². The number of carbonyl (C=O) groups is 1. The maximum Gasteiger partial charge on any atom is 0.175 e. The van der Waals surface area contributed by atoms with E-state index in [0.717, 1.165) is 29.6 Å². The topological polar surface area (TPSA) is 17.1 Å². The van der Waals surface area contributed by atoms with Crippen molar-refractivity contribution in [1.82, 2.24) is 0 Å². The van der Waals surface area contributed by atoms with Crippen molar-refractivity contribution in [3.63, 3.8) is 0 Å². The molecule has 59 heavy (non-hydrogen) atoms. The summed E-state index contributed by atoms with van der Waals surface area (Å²) in [5, 5.41) is 4.07. The van der Waals surface area contributed by atoms with Gasteiger partial charge in [0.2, 0.25) is 0 Å². The summed E-state index contributed by atoms with van der Waals surface area (Å²) in [6, 6.07) is 17.1. The Morgan fingerprint density at radius 1 is 0.593 bits per heavy atom. The first-order valence-electron chi connectivity index (χ1n) is 22.7. The van der Waals surface area contributed by atoms with Crippen molar-refractivity contribution < 1.29 is 4.79 Å². The fourth-order valence-corrected chi connectivity index (χ4v) is 16.3. The second kappa shape index (κ2) is 20.4. The van der Waals surface area contributed by atoms with E-state index in [1.54, 1.807) is 11.3 Å². The highest BCUT2D eigenvalue weighted by atomic mass is 32.1. The van der Waals surface area contributed by atoms with Gasteiger partial charge in [-0.05, 0) is 92.3 Å². The molecule has 2 atom stereocenters. The van der Waals surface area contributed by atoms with Crippen LogP contribution >= 0.6 is 68.0 Å². The summed E-state index contributed by atoms with van der Waals surface area (Å²) in [5.74, 6) is 1.90. The number of Topliss-reactive ketones (excluding diaryl/α,β-unsaturated/α-hetero) is 1. The molecule has 7 aromatic rings. The van der Waals surface area contributed by atoms with Gasteiger partial charge in [-0.25, -0.2) is 0 Å². The molecule has 6 heterocycles. The Balaban J connectivity index is 0.00000288. The average molecular weight is 902 g/mol. The van der Waals surface area contributed by atoms with Crippen LogP contribution in [0.1, 0.15) is 163 Å². The van der Waals surface area contributed by atoms with Gasteiger partial charge in [0.25, 0.3) is 0 Å². The lowest BCUT2D eigenvalue weighted by Crippen LogP contribution is -2.11. The molecule has 0 bridgehead atoms. The van der Waals surface area contributed by atoms with Crippen molar-refractivity contribution in [3.8, 4) is 30.6 Å². The molecule has 0 spiro atoms. The molecule has 0 fully saturated rings. The first-order valence-corrected chi connectivity index (χ1v) is 27.6. The summed E-state index contributed by atoms with van der Waals surface area (Å²) >= 11 is 11.7. The normalized spacial score (nSPS) is 13.2. The zero-order valence-corrected chi connectivity index (χ0v) is 42.8. The summed E-state index contributed by atoms with van der Waals surface area (Å²) in [6.45, 7) is 27.0. The molecule has 1 nitrogen and oxygen atoms in total. The minimum absolute atomic E-state index is 0.0587. The minimum atomic E-state index is 0.0587. The Hall–Kier alpha value is -2.13. The number of rotatable bonds is 18. The van der Waals surface area contributed by atoms with Gasteiger partial charge in [0, 0.05) is 76.7 Å². The van der Waals surface area contributed by atoms with Crippen LogP contribution in [0.25, 0.3) is 60.9 Å². The van der Waals surface area contributed by atoms with Gasteiger partial charge in [-0.1, -0.05) is 121 Å². The van der Waals surface area contributed by atoms with E-state index in [9.17, 15) is 4.79 Å². The second-order valence-electron chi connectivity index (χ2n) is 17.3. The van der Waals surface area contributed by atoms with E-state index >= 15 is 0 Å². The molecule has 0 radical (unpaired) electrons. The third-order valence-corrected chi connectivity index (χ3v) is 19.8. The van der Waals surface area contributed by atoms with E-state index in [4.69, 9.17) is 0 Å². The predicted molar refractivity (Wildman–Crippen MR) is 275 cm³/mol. The summed E-state index contributed by atoms with van der Waals surface area (Å²) in [4.78, 5) is 25.9. The van der Waals surface area contributed by atoms with Crippen LogP contribution in [0, 0.1) is 24.7 Å². The zero-order chi connectivity index (χ0) is 42.6. The summed E-state index contributed by atoms with van der Waals surface area (Å²) < 4.78 is 4.13. The van der Waals surface area contributed by atoms with Gasteiger partial charge in [-0.2, -0.15) is 0 Å². The van der Waals surface area contributed by atoms with Crippen LogP contribution in [0.3, 0.4) is 0 Å². The van der Waals surface area contributed by atoms with E-state index in [1.807, 2.05) is 70.5 Å². The summed E-state index contributed by atoms with van der Waals surface area (Å²) in [5.41, 5.74) is 2.91. The molecule has 318 valence electrons. The molecule has 0 amide bonds. The Morgan fingerprint density at radius 2 is 1.17 bits per heavy atom. The number of unbranched alkanes of at least 4 members (excludes halogenated alkanes) is 1. The number of benzene rings is 1. The quantitative estimate of drug-likeness (QED) is 0.0784. The number of hydrogen-bond acceptors (Lipinski definition) is 7. The molecule has 1 aromatic carbocycles. The number of fused-ring (bicyclic) bond motifs is 3. The maximum atomic E-state index is 13.7. The van der Waals surface area contributed by atoms with E-state index in [-0.39, 0.29) is 11.3 Å². The highest BCUT2D eigenvalue weighted by molar-refractivity contribution is 7.32. The molecule has 0 aliphatic rings. The molecule has 0 aliphatic heterocycles. The molecule has 0 aliphatic carbocycles. The average Bonchev–Trinajstić information content (AvgIpc) is 4.09. The van der Waals surface area contributed by atoms with Crippen molar-refractivity contribution in [2.45, 2.75) is 159 Å². The highest BCUT2D eigenvalue weighted by Gasteiger charge is 2.28. The van der Waals surface area contributed by atoms with E-state index in [2.05, 4.69) is 112 Å².